The van der Waals surface area contributed by atoms with E-state index in [4.69, 9.17) is 0 Å². The zero-order valence-electron chi connectivity index (χ0n) is 11.0. The van der Waals surface area contributed by atoms with Crippen LogP contribution in [0.2, 0.25) is 0 Å². The molecule has 3 nitrogen and oxygen atoms in total. The Morgan fingerprint density at radius 1 is 1.35 bits per heavy atom. The largest absolute Gasteiger partial charge is 0.471 e. The number of aliphatic hydroxyl groups excluding tert-OH is 1. The Morgan fingerprint density at radius 3 is 2.35 bits per heavy atom. The Bertz CT molecular complexity index is 480. The van der Waals surface area contributed by atoms with Crippen molar-refractivity contribution >= 4 is 11.6 Å². The molecule has 0 aromatic heterocycles. The first-order valence-electron chi connectivity index (χ1n) is 6.07. The maximum Gasteiger partial charge on any atom is 0.471 e. The predicted molar refractivity (Wildman–Crippen MR) is 70.3 cm³/mol. The summed E-state index contributed by atoms with van der Waals surface area (Å²) in [6, 6.07) is 5.83. The van der Waals surface area contributed by atoms with Crippen LogP contribution in [0.15, 0.2) is 36.4 Å². The predicted octanol–water partition coefficient (Wildman–Crippen LogP) is 3.06. The lowest BCUT2D eigenvalue weighted by Crippen LogP contribution is -2.29. The number of hydrogen-bond acceptors (Lipinski definition) is 2. The number of carbonyl (C=O) groups excluding carboxylic acids is 1. The second-order valence-corrected chi connectivity index (χ2v) is 4.38. The van der Waals surface area contributed by atoms with E-state index >= 15 is 0 Å². The van der Waals surface area contributed by atoms with E-state index in [1.807, 2.05) is 6.92 Å². The highest BCUT2D eigenvalue weighted by Gasteiger charge is 2.38. The zero-order valence-corrected chi connectivity index (χ0v) is 11.0. The van der Waals surface area contributed by atoms with Crippen molar-refractivity contribution in [1.29, 1.82) is 0 Å². The van der Waals surface area contributed by atoms with Crippen LogP contribution in [0.5, 0.6) is 0 Å². The van der Waals surface area contributed by atoms with Gasteiger partial charge in [-0.25, -0.2) is 0 Å². The molecule has 1 rings (SSSR count). The van der Waals surface area contributed by atoms with Crippen LogP contribution >= 0.6 is 0 Å². The van der Waals surface area contributed by atoms with Gasteiger partial charge in [0.1, 0.15) is 0 Å². The van der Waals surface area contributed by atoms with Crippen molar-refractivity contribution in [2.75, 3.05) is 5.32 Å². The van der Waals surface area contributed by atoms with Crippen LogP contribution in [0, 0.1) is 0 Å². The van der Waals surface area contributed by atoms with Gasteiger partial charge < -0.3 is 10.4 Å². The van der Waals surface area contributed by atoms with Gasteiger partial charge >= 0.3 is 12.1 Å². The fourth-order valence-electron chi connectivity index (χ4n) is 1.53. The van der Waals surface area contributed by atoms with Crippen molar-refractivity contribution in [2.45, 2.75) is 32.0 Å². The van der Waals surface area contributed by atoms with Crippen molar-refractivity contribution in [3.63, 3.8) is 0 Å². The van der Waals surface area contributed by atoms with E-state index < -0.39 is 18.2 Å². The minimum atomic E-state index is -4.91. The number of nitrogens with one attached hydrogen (secondary N) is 1. The fraction of sp³-hybridized carbons (Fsp3) is 0.357. The molecule has 1 aromatic carbocycles. The lowest BCUT2D eigenvalue weighted by atomic mass is 10.0. The van der Waals surface area contributed by atoms with E-state index in [0.29, 0.717) is 18.4 Å². The Kier molecular flexibility index (Phi) is 5.33. The molecule has 6 heteroatoms. The molecular weight excluding hydrogens is 271 g/mol. The molecule has 0 bridgehead atoms. The number of aliphatic hydroxyl groups is 1. The normalized spacial score (nSPS) is 12.8. The average Bonchev–Trinajstić information content (AvgIpc) is 2.38. The first-order chi connectivity index (χ1) is 9.24. The van der Waals surface area contributed by atoms with Gasteiger partial charge in [0.2, 0.25) is 0 Å². The Morgan fingerprint density at radius 2 is 1.90 bits per heavy atom. The summed E-state index contributed by atoms with van der Waals surface area (Å²) in [6.07, 6.45) is -4.61. The number of anilines is 1. The third-order valence-corrected chi connectivity index (χ3v) is 2.82. The average molecular weight is 287 g/mol. The van der Waals surface area contributed by atoms with Crippen LogP contribution in [0.1, 0.15) is 18.9 Å². The second kappa shape index (κ2) is 6.56. The van der Waals surface area contributed by atoms with Gasteiger partial charge in [0.25, 0.3) is 0 Å². The van der Waals surface area contributed by atoms with Gasteiger partial charge in [0.15, 0.2) is 0 Å². The van der Waals surface area contributed by atoms with Crippen molar-refractivity contribution in [3.8, 4) is 0 Å². The van der Waals surface area contributed by atoms with Crippen LogP contribution in [-0.2, 0) is 11.2 Å². The molecule has 1 amide bonds. The van der Waals surface area contributed by atoms with Crippen LogP contribution in [0.4, 0.5) is 18.9 Å². The fourth-order valence-corrected chi connectivity index (χ4v) is 1.53. The zero-order chi connectivity index (χ0) is 15.3. The van der Waals surface area contributed by atoms with Crippen LogP contribution in [0.25, 0.3) is 0 Å². The molecule has 0 saturated carbocycles. The Hall–Kier alpha value is -1.82. The lowest BCUT2D eigenvalue weighted by molar-refractivity contribution is -0.167. The standard InChI is InChI=1S/C14H16F3NO2/c1-3-9(2)12(19)8-10-4-6-11(7-5-10)18-13(20)14(15,16)17/h4-7,12,19H,2-3,8H2,1H3,(H,18,20). The van der Waals surface area contributed by atoms with E-state index in [1.165, 1.54) is 12.1 Å². The van der Waals surface area contributed by atoms with E-state index in [1.54, 1.807) is 17.4 Å². The molecule has 0 aliphatic carbocycles. The molecule has 0 aliphatic heterocycles. The van der Waals surface area contributed by atoms with Gasteiger partial charge in [-0.2, -0.15) is 13.2 Å². The van der Waals surface area contributed by atoms with Gasteiger partial charge in [-0.3, -0.25) is 4.79 Å². The van der Waals surface area contributed by atoms with Crippen molar-refractivity contribution < 1.29 is 23.1 Å². The van der Waals surface area contributed by atoms with E-state index in [0.717, 1.165) is 5.56 Å². The SMILES string of the molecule is C=C(CC)C(O)Cc1ccc(NC(=O)C(F)(F)F)cc1. The molecule has 20 heavy (non-hydrogen) atoms. The molecular formula is C14H16F3NO2. The molecule has 0 heterocycles. The van der Waals surface area contributed by atoms with Crippen LogP contribution in [-0.4, -0.2) is 23.3 Å². The topological polar surface area (TPSA) is 49.3 Å². The number of carbonyl (C=O) groups is 1. The second-order valence-electron chi connectivity index (χ2n) is 4.38. The minimum Gasteiger partial charge on any atom is -0.388 e. The van der Waals surface area contributed by atoms with Gasteiger partial charge in [0.05, 0.1) is 6.10 Å². The quantitative estimate of drug-likeness (QED) is 0.818. The summed E-state index contributed by atoms with van der Waals surface area (Å²) in [4.78, 5) is 10.7. The first-order valence-corrected chi connectivity index (χ1v) is 6.07. The highest BCUT2D eigenvalue weighted by atomic mass is 19.4. The third kappa shape index (κ3) is 4.70. The highest BCUT2D eigenvalue weighted by molar-refractivity contribution is 5.94. The van der Waals surface area contributed by atoms with Gasteiger partial charge in [-0.1, -0.05) is 25.6 Å². The number of alkyl halides is 3. The molecule has 110 valence electrons. The maximum atomic E-state index is 12.1. The summed E-state index contributed by atoms with van der Waals surface area (Å²) in [5.41, 5.74) is 1.50. The number of rotatable bonds is 5. The van der Waals surface area contributed by atoms with E-state index in [9.17, 15) is 23.1 Å². The minimum absolute atomic E-state index is 0.0554. The molecule has 0 spiro atoms. The summed E-state index contributed by atoms with van der Waals surface area (Å²) in [7, 11) is 0. The number of halogens is 3. The van der Waals surface area contributed by atoms with Crippen LogP contribution in [0.3, 0.4) is 0 Å². The van der Waals surface area contributed by atoms with Gasteiger partial charge in [-0.05, 0) is 29.7 Å². The first kappa shape index (κ1) is 16.2. The van der Waals surface area contributed by atoms with Crippen molar-refractivity contribution in [3.05, 3.63) is 42.0 Å². The van der Waals surface area contributed by atoms with E-state index in [-0.39, 0.29) is 5.69 Å². The molecule has 1 unspecified atom stereocenters. The van der Waals surface area contributed by atoms with Gasteiger partial charge in [0, 0.05) is 12.1 Å². The molecule has 0 radical (unpaired) electrons. The molecule has 1 aromatic rings. The molecule has 0 saturated heterocycles. The highest BCUT2D eigenvalue weighted by Crippen LogP contribution is 2.19. The monoisotopic (exact) mass is 287 g/mol. The Balaban J connectivity index is 2.65. The third-order valence-electron chi connectivity index (χ3n) is 2.82. The molecule has 0 fully saturated rings. The Labute approximate surface area is 115 Å². The number of hydrogen-bond donors (Lipinski definition) is 2. The summed E-state index contributed by atoms with van der Waals surface area (Å²) in [6.45, 7) is 5.60. The smallest absolute Gasteiger partial charge is 0.388 e. The van der Waals surface area contributed by atoms with Crippen molar-refractivity contribution in [2.24, 2.45) is 0 Å². The molecule has 2 N–H and O–H groups in total. The number of amides is 1. The maximum absolute atomic E-state index is 12.1. The summed E-state index contributed by atoms with van der Waals surface area (Å²) in [5, 5.41) is 11.5. The van der Waals surface area contributed by atoms with Gasteiger partial charge in [-0.15, -0.1) is 0 Å². The van der Waals surface area contributed by atoms with Crippen LogP contribution < -0.4 is 5.32 Å². The van der Waals surface area contributed by atoms with E-state index in [2.05, 4.69) is 6.58 Å². The molecule has 1 atom stereocenters. The summed E-state index contributed by atoms with van der Waals surface area (Å²) in [5.74, 6) is -2.01. The number of benzene rings is 1. The summed E-state index contributed by atoms with van der Waals surface area (Å²) < 4.78 is 36.2. The lowest BCUT2D eigenvalue weighted by Gasteiger charge is -2.13. The summed E-state index contributed by atoms with van der Waals surface area (Å²) >= 11 is 0. The van der Waals surface area contributed by atoms with Crippen molar-refractivity contribution in [1.82, 2.24) is 0 Å². The molecule has 0 aliphatic rings.